The molecule has 3 heterocycles. The molecule has 0 radical (unpaired) electrons. The molecule has 4 rings (SSSR count). The van der Waals surface area contributed by atoms with Crippen LogP contribution in [0.1, 0.15) is 43.6 Å². The molecule has 0 bridgehead atoms. The highest BCUT2D eigenvalue weighted by Gasteiger charge is 2.46. The monoisotopic (exact) mass is 285 g/mol. The lowest BCUT2D eigenvalue weighted by atomic mass is 9.82. The summed E-state index contributed by atoms with van der Waals surface area (Å²) in [6.07, 6.45) is 9.57. The summed E-state index contributed by atoms with van der Waals surface area (Å²) >= 11 is 0. The summed E-state index contributed by atoms with van der Waals surface area (Å²) in [6.45, 7) is 3.55. The average Bonchev–Trinajstić information content (AvgIpc) is 3.26. The van der Waals surface area contributed by atoms with E-state index in [1.165, 1.54) is 19.4 Å². The van der Waals surface area contributed by atoms with E-state index in [0.717, 1.165) is 43.8 Å². The zero-order valence-corrected chi connectivity index (χ0v) is 12.4. The number of nitrogens with one attached hydrogen (secondary N) is 1. The van der Waals surface area contributed by atoms with Crippen molar-refractivity contribution in [1.82, 2.24) is 15.2 Å². The average molecular weight is 285 g/mol. The summed E-state index contributed by atoms with van der Waals surface area (Å²) in [5, 5.41) is 3.32. The number of likely N-dealkylation sites (tertiary alicyclic amines) is 1. The van der Waals surface area contributed by atoms with Crippen LogP contribution in [0.2, 0.25) is 0 Å². The molecule has 1 aromatic heterocycles. The minimum Gasteiger partial charge on any atom is -0.350 e. The topological polar surface area (TPSA) is 45.2 Å². The standard InChI is InChI=1S/C17H23N3O/c21-16-15(14-3-7-18-8-4-14)11-17(19-16)5-9-20(10-6-17)12-13-1-2-13/h3-4,7-8,13,15H,1-2,5-6,9-12H2,(H,19,21)/t15-/m0/s1. The van der Waals surface area contributed by atoms with Gasteiger partial charge < -0.3 is 10.2 Å². The zero-order chi connectivity index (χ0) is 14.3. The Labute approximate surface area is 125 Å². The predicted molar refractivity (Wildman–Crippen MR) is 80.9 cm³/mol. The van der Waals surface area contributed by atoms with E-state index in [1.807, 2.05) is 12.1 Å². The van der Waals surface area contributed by atoms with Crippen LogP contribution >= 0.6 is 0 Å². The third-order valence-electron chi connectivity index (χ3n) is 5.43. The highest BCUT2D eigenvalue weighted by molar-refractivity contribution is 5.87. The van der Waals surface area contributed by atoms with E-state index < -0.39 is 0 Å². The molecule has 1 aromatic rings. The number of piperidine rings is 1. The van der Waals surface area contributed by atoms with Crippen molar-refractivity contribution in [2.45, 2.75) is 43.6 Å². The fourth-order valence-electron chi connectivity index (χ4n) is 3.91. The molecule has 1 amide bonds. The van der Waals surface area contributed by atoms with Gasteiger partial charge in [-0.1, -0.05) is 0 Å². The maximum absolute atomic E-state index is 12.4. The van der Waals surface area contributed by atoms with Crippen molar-refractivity contribution in [1.29, 1.82) is 0 Å². The molecule has 4 nitrogen and oxygen atoms in total. The maximum atomic E-state index is 12.4. The van der Waals surface area contributed by atoms with Gasteiger partial charge in [-0.25, -0.2) is 0 Å². The lowest BCUT2D eigenvalue weighted by molar-refractivity contribution is -0.121. The van der Waals surface area contributed by atoms with Gasteiger partial charge in [0, 0.05) is 37.6 Å². The van der Waals surface area contributed by atoms with Crippen molar-refractivity contribution in [2.75, 3.05) is 19.6 Å². The number of pyridine rings is 1. The quantitative estimate of drug-likeness (QED) is 0.923. The van der Waals surface area contributed by atoms with E-state index in [9.17, 15) is 4.79 Å². The van der Waals surface area contributed by atoms with Gasteiger partial charge in [-0.2, -0.15) is 0 Å². The number of aromatic nitrogens is 1. The van der Waals surface area contributed by atoms with Crippen LogP contribution in [0.4, 0.5) is 0 Å². The van der Waals surface area contributed by atoms with Crippen LogP contribution in [0.15, 0.2) is 24.5 Å². The van der Waals surface area contributed by atoms with E-state index in [0.29, 0.717) is 0 Å². The van der Waals surface area contributed by atoms with Crippen molar-refractivity contribution in [2.24, 2.45) is 5.92 Å². The summed E-state index contributed by atoms with van der Waals surface area (Å²) in [6, 6.07) is 3.96. The Bertz CT molecular complexity index is 518. The van der Waals surface area contributed by atoms with Gasteiger partial charge in [0.1, 0.15) is 0 Å². The number of rotatable bonds is 3. The van der Waals surface area contributed by atoms with Crippen LogP contribution < -0.4 is 5.32 Å². The van der Waals surface area contributed by atoms with Crippen LogP contribution in [0.3, 0.4) is 0 Å². The van der Waals surface area contributed by atoms with Crippen LogP contribution in [-0.2, 0) is 4.79 Å². The highest BCUT2D eigenvalue weighted by atomic mass is 16.2. The summed E-state index contributed by atoms with van der Waals surface area (Å²) in [5.74, 6) is 1.18. The highest BCUT2D eigenvalue weighted by Crippen LogP contribution is 2.40. The van der Waals surface area contributed by atoms with Gasteiger partial charge in [0.2, 0.25) is 5.91 Å². The summed E-state index contributed by atoms with van der Waals surface area (Å²) in [4.78, 5) is 19.0. The number of nitrogens with zero attached hydrogens (tertiary/aromatic N) is 2. The van der Waals surface area contributed by atoms with Crippen molar-refractivity contribution >= 4 is 5.91 Å². The smallest absolute Gasteiger partial charge is 0.228 e. The minimum absolute atomic E-state index is 0.0167. The number of hydrogen-bond acceptors (Lipinski definition) is 3. The summed E-state index contributed by atoms with van der Waals surface area (Å²) < 4.78 is 0. The minimum atomic E-state index is 0.0167. The fourth-order valence-corrected chi connectivity index (χ4v) is 3.91. The third kappa shape index (κ3) is 2.69. The van der Waals surface area contributed by atoms with E-state index in [2.05, 4.69) is 15.2 Å². The number of hydrogen-bond donors (Lipinski definition) is 1. The fraction of sp³-hybridized carbons (Fsp3) is 0.647. The largest absolute Gasteiger partial charge is 0.350 e. The van der Waals surface area contributed by atoms with Gasteiger partial charge in [0.15, 0.2) is 0 Å². The van der Waals surface area contributed by atoms with Crippen LogP contribution in [0, 0.1) is 5.92 Å². The SMILES string of the molecule is O=C1NC2(CCN(CC3CC3)CC2)C[C@H]1c1ccncc1. The molecule has 3 aliphatic rings. The summed E-state index contributed by atoms with van der Waals surface area (Å²) in [7, 11) is 0. The third-order valence-corrected chi connectivity index (χ3v) is 5.43. The molecule has 0 unspecified atom stereocenters. The molecule has 112 valence electrons. The molecule has 3 fully saturated rings. The second-order valence-electron chi connectivity index (χ2n) is 7.05. The first kappa shape index (κ1) is 13.3. The molecule has 1 atom stereocenters. The van der Waals surface area contributed by atoms with Crippen molar-refractivity contribution in [3.8, 4) is 0 Å². The molecule has 1 spiro atoms. The Balaban J connectivity index is 1.42. The first-order valence-electron chi connectivity index (χ1n) is 8.18. The van der Waals surface area contributed by atoms with Gasteiger partial charge in [-0.3, -0.25) is 9.78 Å². The second kappa shape index (κ2) is 5.09. The Morgan fingerprint density at radius 2 is 1.95 bits per heavy atom. The molecule has 1 saturated carbocycles. The van der Waals surface area contributed by atoms with Gasteiger partial charge in [0.05, 0.1) is 5.92 Å². The lowest BCUT2D eigenvalue weighted by Crippen LogP contribution is -2.51. The van der Waals surface area contributed by atoms with Crippen LogP contribution in [0.25, 0.3) is 0 Å². The molecule has 1 aliphatic carbocycles. The van der Waals surface area contributed by atoms with E-state index >= 15 is 0 Å². The van der Waals surface area contributed by atoms with Gasteiger partial charge in [-0.05, 0) is 55.7 Å². The Morgan fingerprint density at radius 1 is 1.24 bits per heavy atom. The first-order chi connectivity index (χ1) is 10.2. The molecule has 1 N–H and O–H groups in total. The number of carbonyl (C=O) groups excluding carboxylic acids is 1. The normalized spacial score (nSPS) is 28.8. The Kier molecular flexibility index (Phi) is 3.21. The molecule has 2 aliphatic heterocycles. The molecule has 21 heavy (non-hydrogen) atoms. The van der Waals surface area contributed by atoms with E-state index in [-0.39, 0.29) is 17.4 Å². The van der Waals surface area contributed by atoms with Gasteiger partial charge >= 0.3 is 0 Å². The van der Waals surface area contributed by atoms with Crippen molar-refractivity contribution in [3.63, 3.8) is 0 Å². The maximum Gasteiger partial charge on any atom is 0.228 e. The molecule has 4 heteroatoms. The lowest BCUT2D eigenvalue weighted by Gasteiger charge is -2.39. The number of carbonyl (C=O) groups is 1. The predicted octanol–water partition coefficient (Wildman–Crippen LogP) is 1.93. The number of amides is 1. The van der Waals surface area contributed by atoms with E-state index in [4.69, 9.17) is 0 Å². The van der Waals surface area contributed by atoms with Crippen molar-refractivity contribution in [3.05, 3.63) is 30.1 Å². The second-order valence-corrected chi connectivity index (χ2v) is 7.05. The molecule has 2 saturated heterocycles. The van der Waals surface area contributed by atoms with Gasteiger partial charge in [0.25, 0.3) is 0 Å². The van der Waals surface area contributed by atoms with Gasteiger partial charge in [-0.15, -0.1) is 0 Å². The first-order valence-corrected chi connectivity index (χ1v) is 8.18. The Morgan fingerprint density at radius 3 is 2.62 bits per heavy atom. The molecular formula is C17H23N3O. The zero-order valence-electron chi connectivity index (χ0n) is 12.4. The molecular weight excluding hydrogens is 262 g/mol. The van der Waals surface area contributed by atoms with Crippen LogP contribution in [-0.4, -0.2) is 41.0 Å². The molecule has 0 aromatic carbocycles. The summed E-state index contributed by atoms with van der Waals surface area (Å²) in [5.41, 5.74) is 1.16. The van der Waals surface area contributed by atoms with Crippen molar-refractivity contribution < 1.29 is 4.79 Å². The van der Waals surface area contributed by atoms with E-state index in [1.54, 1.807) is 12.4 Å². The Hall–Kier alpha value is -1.42. The van der Waals surface area contributed by atoms with Crippen LogP contribution in [0.5, 0.6) is 0 Å².